The van der Waals surface area contributed by atoms with Gasteiger partial charge in [-0.1, -0.05) is 154 Å². The second-order valence-corrected chi connectivity index (χ2v) is 16.8. The third-order valence-corrected chi connectivity index (χ3v) is 10.2. The minimum atomic E-state index is -4.31. The molecule has 0 spiro atoms. The van der Waals surface area contributed by atoms with Crippen LogP contribution in [0.5, 0.6) is 0 Å². The van der Waals surface area contributed by atoms with E-state index >= 15 is 0 Å². The summed E-state index contributed by atoms with van der Waals surface area (Å²) in [5.74, 6) is -0.155. The molecule has 0 aliphatic carbocycles. The second-order valence-electron chi connectivity index (χ2n) is 15.4. The Morgan fingerprint density at radius 2 is 1.10 bits per heavy atom. The summed E-state index contributed by atoms with van der Waals surface area (Å²) in [6.07, 6.45) is 35.3. The summed E-state index contributed by atoms with van der Waals surface area (Å²) in [6, 6.07) is -0.768. The van der Waals surface area contributed by atoms with Crippen molar-refractivity contribution in [2.75, 3.05) is 40.9 Å². The number of aliphatic hydroxyl groups excluding tert-OH is 1. The smallest absolute Gasteiger partial charge is 0.391 e. The molecular formula is C40H82N2O6P+. The van der Waals surface area contributed by atoms with Crippen LogP contribution >= 0.6 is 7.82 Å². The number of nitrogens with one attached hydrogen (secondary N) is 1. The van der Waals surface area contributed by atoms with Crippen LogP contribution in [0.2, 0.25) is 0 Å². The number of carbonyl (C=O) groups excluding carboxylic acids is 1. The first-order chi connectivity index (χ1) is 23.5. The first kappa shape index (κ1) is 48.2. The minimum absolute atomic E-state index is 0.0716. The number of nitrogens with zero attached hydrogens (tertiary/aromatic N) is 1. The van der Waals surface area contributed by atoms with Gasteiger partial charge in [-0.15, -0.1) is 0 Å². The van der Waals surface area contributed by atoms with Crippen LogP contribution in [0.4, 0.5) is 0 Å². The van der Waals surface area contributed by atoms with Crippen LogP contribution < -0.4 is 5.32 Å². The molecule has 0 saturated heterocycles. The molecule has 0 aromatic carbocycles. The molecule has 3 N–H and O–H groups in total. The molecule has 0 aliphatic heterocycles. The van der Waals surface area contributed by atoms with E-state index in [0.717, 1.165) is 44.9 Å². The maximum atomic E-state index is 12.8. The Kier molecular flexibility index (Phi) is 32.6. The molecule has 49 heavy (non-hydrogen) atoms. The van der Waals surface area contributed by atoms with E-state index in [-0.39, 0.29) is 19.1 Å². The van der Waals surface area contributed by atoms with Crippen molar-refractivity contribution in [3.05, 3.63) is 12.2 Å². The topological polar surface area (TPSA) is 105 Å². The second kappa shape index (κ2) is 33.1. The molecule has 0 aromatic heterocycles. The number of unbranched alkanes of at least 4 members (excludes halogenated alkanes) is 22. The van der Waals surface area contributed by atoms with Crippen molar-refractivity contribution in [1.29, 1.82) is 0 Å². The summed E-state index contributed by atoms with van der Waals surface area (Å²) < 4.78 is 23.5. The van der Waals surface area contributed by atoms with Gasteiger partial charge in [-0.25, -0.2) is 4.57 Å². The summed E-state index contributed by atoms with van der Waals surface area (Å²) >= 11 is 0. The summed E-state index contributed by atoms with van der Waals surface area (Å²) in [5.41, 5.74) is 0. The van der Waals surface area contributed by atoms with Gasteiger partial charge in [0.2, 0.25) is 5.91 Å². The van der Waals surface area contributed by atoms with Crippen molar-refractivity contribution in [1.82, 2.24) is 5.32 Å². The maximum absolute atomic E-state index is 12.8. The number of phosphoric ester groups is 1. The lowest BCUT2D eigenvalue weighted by Crippen LogP contribution is -2.46. The largest absolute Gasteiger partial charge is 0.472 e. The fourth-order valence-corrected chi connectivity index (χ4v) is 6.66. The van der Waals surface area contributed by atoms with Crippen molar-refractivity contribution < 1.29 is 32.9 Å². The quantitative estimate of drug-likeness (QED) is 0.0256. The fraction of sp³-hybridized carbons (Fsp3) is 0.925. The Hall–Kier alpha value is -0.760. The molecule has 0 radical (unpaired) electrons. The number of likely N-dealkylation sites (N-methyl/N-ethyl adjacent to an activating group) is 1. The maximum Gasteiger partial charge on any atom is 0.472 e. The zero-order valence-corrected chi connectivity index (χ0v) is 33.8. The van der Waals surface area contributed by atoms with Crippen LogP contribution in [0.3, 0.4) is 0 Å². The number of hydrogen-bond donors (Lipinski definition) is 3. The highest BCUT2D eigenvalue weighted by Gasteiger charge is 2.28. The lowest BCUT2D eigenvalue weighted by Gasteiger charge is -2.26. The minimum Gasteiger partial charge on any atom is -0.391 e. The summed E-state index contributed by atoms with van der Waals surface area (Å²) in [6.45, 7) is 4.82. The number of phosphoric acid groups is 1. The molecular weight excluding hydrogens is 635 g/mol. The molecule has 3 atom stereocenters. The number of aliphatic hydroxyl groups is 1. The molecule has 1 amide bonds. The third-order valence-electron chi connectivity index (χ3n) is 9.26. The fourth-order valence-electron chi connectivity index (χ4n) is 5.92. The van der Waals surface area contributed by atoms with Gasteiger partial charge < -0.3 is 19.8 Å². The molecule has 9 heteroatoms. The van der Waals surface area contributed by atoms with Gasteiger partial charge in [0, 0.05) is 6.42 Å². The van der Waals surface area contributed by atoms with Crippen molar-refractivity contribution >= 4 is 13.7 Å². The Bertz CT molecular complexity index is 819. The molecule has 292 valence electrons. The van der Waals surface area contributed by atoms with Crippen molar-refractivity contribution in [3.63, 3.8) is 0 Å². The molecule has 0 bridgehead atoms. The van der Waals surface area contributed by atoms with E-state index in [1.165, 1.54) is 116 Å². The monoisotopic (exact) mass is 718 g/mol. The number of quaternary nitrogens is 1. The highest BCUT2D eigenvalue weighted by molar-refractivity contribution is 7.47. The van der Waals surface area contributed by atoms with Crippen LogP contribution in [0, 0.1) is 0 Å². The molecule has 0 heterocycles. The number of allylic oxidation sites excluding steroid dienone is 2. The SMILES string of the molecule is CCCCC/C=C/CCCC[C@@H](O)[C@H](COP(=O)(O)OCC[N+](C)(C)C)NC(=O)CCCCCCCCCCCCCCCCCCCC. The van der Waals surface area contributed by atoms with E-state index in [9.17, 15) is 19.4 Å². The van der Waals surface area contributed by atoms with Gasteiger partial charge in [-0.3, -0.25) is 13.8 Å². The van der Waals surface area contributed by atoms with Crippen molar-refractivity contribution in [2.24, 2.45) is 0 Å². The van der Waals surface area contributed by atoms with E-state index in [1.54, 1.807) is 0 Å². The highest BCUT2D eigenvalue weighted by atomic mass is 31.2. The summed E-state index contributed by atoms with van der Waals surface area (Å²) in [4.78, 5) is 23.0. The van der Waals surface area contributed by atoms with Crippen LogP contribution in [-0.4, -0.2) is 73.4 Å². The lowest BCUT2D eigenvalue weighted by atomic mass is 10.0. The Labute approximate surface area is 303 Å². The normalized spacial score (nSPS) is 14.7. The average molecular weight is 718 g/mol. The number of rotatable bonds is 37. The Morgan fingerprint density at radius 3 is 1.57 bits per heavy atom. The predicted molar refractivity (Wildman–Crippen MR) is 208 cm³/mol. The molecule has 0 rings (SSSR count). The number of hydrogen-bond acceptors (Lipinski definition) is 5. The third kappa shape index (κ3) is 35.4. The highest BCUT2D eigenvalue weighted by Crippen LogP contribution is 2.43. The van der Waals surface area contributed by atoms with Gasteiger partial charge in [0.25, 0.3) is 0 Å². The van der Waals surface area contributed by atoms with Crippen LogP contribution in [-0.2, 0) is 18.4 Å². The van der Waals surface area contributed by atoms with Crippen molar-refractivity contribution in [2.45, 2.75) is 199 Å². The van der Waals surface area contributed by atoms with Crippen LogP contribution in [0.15, 0.2) is 12.2 Å². The van der Waals surface area contributed by atoms with Gasteiger partial charge >= 0.3 is 7.82 Å². The zero-order valence-electron chi connectivity index (χ0n) is 32.9. The Balaban J connectivity index is 4.30. The molecule has 1 unspecified atom stereocenters. The van der Waals surface area contributed by atoms with Crippen molar-refractivity contribution in [3.8, 4) is 0 Å². The molecule has 8 nitrogen and oxygen atoms in total. The molecule has 0 aliphatic rings. The van der Waals surface area contributed by atoms with E-state index in [1.807, 2.05) is 21.1 Å². The molecule has 0 saturated carbocycles. The first-order valence-corrected chi connectivity index (χ1v) is 22.0. The lowest BCUT2D eigenvalue weighted by molar-refractivity contribution is -0.870. The van der Waals surface area contributed by atoms with Crippen LogP contribution in [0.1, 0.15) is 187 Å². The first-order valence-electron chi connectivity index (χ1n) is 20.6. The zero-order chi connectivity index (χ0) is 36.5. The predicted octanol–water partition coefficient (Wildman–Crippen LogP) is 10.8. The van der Waals surface area contributed by atoms with Gasteiger partial charge in [-0.05, 0) is 38.5 Å². The van der Waals surface area contributed by atoms with E-state index in [0.29, 0.717) is 23.9 Å². The summed E-state index contributed by atoms with van der Waals surface area (Å²) in [5, 5.41) is 13.8. The van der Waals surface area contributed by atoms with Crippen LogP contribution in [0.25, 0.3) is 0 Å². The van der Waals surface area contributed by atoms with Gasteiger partial charge in [0.15, 0.2) is 0 Å². The van der Waals surface area contributed by atoms with E-state index < -0.39 is 20.0 Å². The van der Waals surface area contributed by atoms with Gasteiger partial charge in [-0.2, -0.15) is 0 Å². The average Bonchev–Trinajstić information content (AvgIpc) is 3.04. The molecule has 0 aromatic rings. The summed E-state index contributed by atoms with van der Waals surface area (Å²) in [7, 11) is 1.60. The van der Waals surface area contributed by atoms with E-state index in [2.05, 4.69) is 31.3 Å². The standard InChI is InChI=1S/C40H81N2O6P/c1-6-8-10-12-14-16-17-18-19-20-21-22-23-24-26-28-30-32-34-40(44)41-38(37-48-49(45,46)47-36-35-42(3,4)5)39(43)33-31-29-27-25-15-13-11-9-7-2/h15,25,38-39,43H,6-14,16-24,26-37H2,1-5H3,(H-,41,44,45,46)/p+1/b25-15+/t38-,39+/m0/s1. The number of amides is 1. The number of carbonyl (C=O) groups is 1. The molecule has 0 fully saturated rings. The van der Waals surface area contributed by atoms with Gasteiger partial charge in [0.05, 0.1) is 39.9 Å². The van der Waals surface area contributed by atoms with Gasteiger partial charge in [0.1, 0.15) is 13.2 Å². The Morgan fingerprint density at radius 1 is 0.673 bits per heavy atom. The van der Waals surface area contributed by atoms with E-state index in [4.69, 9.17) is 9.05 Å².